The fourth-order valence-corrected chi connectivity index (χ4v) is 5.13. The van der Waals surface area contributed by atoms with Gasteiger partial charge in [0.1, 0.15) is 24.3 Å². The molecule has 1 aliphatic rings. The summed E-state index contributed by atoms with van der Waals surface area (Å²) in [4.78, 5) is 34.1. The molecule has 1 amide bonds. The molecule has 39 heavy (non-hydrogen) atoms. The number of aromatic nitrogens is 6. The van der Waals surface area contributed by atoms with Crippen LogP contribution in [0.2, 0.25) is 0 Å². The van der Waals surface area contributed by atoms with Gasteiger partial charge in [-0.1, -0.05) is 12.6 Å². The second-order valence-electron chi connectivity index (χ2n) is 9.85. The van der Waals surface area contributed by atoms with E-state index in [-0.39, 0.29) is 11.9 Å². The van der Waals surface area contributed by atoms with Gasteiger partial charge in [-0.2, -0.15) is 5.10 Å². The molecule has 1 saturated heterocycles. The predicted octanol–water partition coefficient (Wildman–Crippen LogP) is 3.93. The van der Waals surface area contributed by atoms with Crippen molar-refractivity contribution in [3.8, 4) is 0 Å². The van der Waals surface area contributed by atoms with Crippen molar-refractivity contribution >= 4 is 39.8 Å². The average molecular weight is 520 g/mol. The monoisotopic (exact) mass is 519 g/mol. The van der Waals surface area contributed by atoms with Gasteiger partial charge in [-0.15, -0.1) is 0 Å². The van der Waals surface area contributed by atoms with E-state index >= 15 is 0 Å². The Bertz CT molecular complexity index is 1700. The molecule has 1 N–H and O–H groups in total. The number of hydrogen-bond acceptors (Lipinski definition) is 8. The third kappa shape index (κ3) is 4.88. The molecule has 0 saturated carbocycles. The minimum absolute atomic E-state index is 0.0359. The van der Waals surface area contributed by atoms with Crippen molar-refractivity contribution in [2.45, 2.75) is 26.3 Å². The maximum atomic E-state index is 12.1. The van der Waals surface area contributed by atoms with Crippen LogP contribution in [-0.2, 0) is 11.2 Å². The van der Waals surface area contributed by atoms with E-state index in [1.54, 1.807) is 23.4 Å². The molecule has 5 heterocycles. The Labute approximate surface area is 226 Å². The number of benzene rings is 1. The summed E-state index contributed by atoms with van der Waals surface area (Å²) in [6.07, 6.45) is 9.02. The number of aryl methyl sites for hydroxylation is 1. The zero-order valence-electron chi connectivity index (χ0n) is 21.9. The van der Waals surface area contributed by atoms with Crippen LogP contribution < -0.4 is 10.2 Å². The van der Waals surface area contributed by atoms with E-state index < -0.39 is 0 Å². The van der Waals surface area contributed by atoms with Gasteiger partial charge in [-0.3, -0.25) is 4.79 Å². The lowest BCUT2D eigenvalue weighted by atomic mass is 10.0. The SMILES string of the molecule is C=CC(=O)N1CCN(c2cc3c(Nc4ccc(Cc5ccn6ncnc6c5)c(C)c4)ncnc3cn2)CC1C. The van der Waals surface area contributed by atoms with Crippen LogP contribution in [0.4, 0.5) is 17.3 Å². The first-order chi connectivity index (χ1) is 19.0. The number of fused-ring (bicyclic) bond motifs is 2. The average Bonchev–Trinajstić information content (AvgIpc) is 3.42. The smallest absolute Gasteiger partial charge is 0.246 e. The summed E-state index contributed by atoms with van der Waals surface area (Å²) >= 11 is 0. The van der Waals surface area contributed by atoms with Crippen LogP contribution in [0.5, 0.6) is 0 Å². The lowest BCUT2D eigenvalue weighted by molar-refractivity contribution is -0.128. The van der Waals surface area contributed by atoms with Gasteiger partial charge < -0.3 is 15.1 Å². The maximum absolute atomic E-state index is 12.1. The molecule has 0 bridgehead atoms. The van der Waals surface area contributed by atoms with Crippen molar-refractivity contribution in [3.05, 3.63) is 90.8 Å². The Morgan fingerprint density at radius 1 is 1.10 bits per heavy atom. The van der Waals surface area contributed by atoms with Gasteiger partial charge in [0.05, 0.1) is 11.7 Å². The van der Waals surface area contributed by atoms with Crippen LogP contribution in [0.25, 0.3) is 16.6 Å². The minimum Gasteiger partial charge on any atom is -0.353 e. The van der Waals surface area contributed by atoms with Crippen molar-refractivity contribution in [1.82, 2.24) is 34.4 Å². The Balaban J connectivity index is 1.22. The van der Waals surface area contributed by atoms with E-state index in [4.69, 9.17) is 0 Å². The normalized spacial score (nSPS) is 15.6. The number of rotatable bonds is 6. The second kappa shape index (κ2) is 10.1. The summed E-state index contributed by atoms with van der Waals surface area (Å²) in [7, 11) is 0. The summed E-state index contributed by atoms with van der Waals surface area (Å²) < 4.78 is 1.76. The molecule has 4 aromatic heterocycles. The number of carbonyl (C=O) groups excluding carboxylic acids is 1. The van der Waals surface area contributed by atoms with Gasteiger partial charge in [0.2, 0.25) is 5.91 Å². The van der Waals surface area contributed by atoms with E-state index in [1.165, 1.54) is 22.8 Å². The molecule has 1 fully saturated rings. The first-order valence-corrected chi connectivity index (χ1v) is 12.9. The zero-order valence-corrected chi connectivity index (χ0v) is 21.9. The number of carbonyl (C=O) groups is 1. The van der Waals surface area contributed by atoms with Gasteiger partial charge in [0, 0.05) is 42.9 Å². The maximum Gasteiger partial charge on any atom is 0.246 e. The lowest BCUT2D eigenvalue weighted by Gasteiger charge is -2.40. The Kier molecular flexibility index (Phi) is 6.36. The number of nitrogens with zero attached hydrogens (tertiary/aromatic N) is 8. The Hall–Kier alpha value is -4.86. The van der Waals surface area contributed by atoms with Crippen LogP contribution in [0, 0.1) is 6.92 Å². The zero-order chi connectivity index (χ0) is 26.9. The molecular weight excluding hydrogens is 490 g/mol. The van der Waals surface area contributed by atoms with E-state index in [2.05, 4.69) is 79.1 Å². The van der Waals surface area contributed by atoms with Crippen LogP contribution in [-0.4, -0.2) is 66.0 Å². The van der Waals surface area contributed by atoms with Crippen LogP contribution in [0.15, 0.2) is 74.1 Å². The molecular formula is C29H29N9O. The van der Waals surface area contributed by atoms with Gasteiger partial charge in [0.15, 0.2) is 5.65 Å². The minimum atomic E-state index is -0.0359. The Morgan fingerprint density at radius 2 is 2.00 bits per heavy atom. The van der Waals surface area contributed by atoms with E-state index in [0.717, 1.165) is 40.3 Å². The summed E-state index contributed by atoms with van der Waals surface area (Å²) in [6, 6.07) is 12.6. The second-order valence-corrected chi connectivity index (χ2v) is 9.85. The highest BCUT2D eigenvalue weighted by Gasteiger charge is 2.27. The molecule has 10 heteroatoms. The van der Waals surface area contributed by atoms with Crippen molar-refractivity contribution < 1.29 is 4.79 Å². The molecule has 1 aliphatic heterocycles. The highest BCUT2D eigenvalue weighted by Crippen LogP contribution is 2.28. The molecule has 0 spiro atoms. The number of nitrogens with one attached hydrogen (secondary N) is 1. The standard InChI is InChI=1S/C29H29N9O/c1-4-28(39)37-10-9-36(16-20(37)3)26-14-24-25(15-30-26)31-17-33-29(24)35-23-6-5-22(19(2)11-23)12-21-7-8-38-27(13-21)32-18-34-38/h4-8,11,13-15,17-18,20H,1,9-10,12,16H2,2-3H3,(H,31,33,35). The van der Waals surface area contributed by atoms with Gasteiger partial charge in [-0.25, -0.2) is 24.5 Å². The van der Waals surface area contributed by atoms with Crippen molar-refractivity contribution in [2.24, 2.45) is 0 Å². The number of piperazine rings is 1. The molecule has 196 valence electrons. The third-order valence-electron chi connectivity index (χ3n) is 7.26. The quantitative estimate of drug-likeness (QED) is 0.337. The molecule has 0 aliphatic carbocycles. The molecule has 10 nitrogen and oxygen atoms in total. The molecule has 1 aromatic carbocycles. The fourth-order valence-electron chi connectivity index (χ4n) is 5.13. The number of amides is 1. The van der Waals surface area contributed by atoms with Gasteiger partial charge >= 0.3 is 0 Å². The molecule has 6 rings (SSSR count). The van der Waals surface area contributed by atoms with Crippen molar-refractivity contribution in [3.63, 3.8) is 0 Å². The van der Waals surface area contributed by atoms with Gasteiger partial charge in [-0.05, 0) is 73.4 Å². The highest BCUT2D eigenvalue weighted by molar-refractivity contribution is 5.92. The lowest BCUT2D eigenvalue weighted by Crippen LogP contribution is -2.53. The fraction of sp³-hybridized carbons (Fsp3) is 0.241. The summed E-state index contributed by atoms with van der Waals surface area (Å²) in [6.45, 7) is 9.80. The number of pyridine rings is 2. The van der Waals surface area contributed by atoms with Crippen molar-refractivity contribution in [2.75, 3.05) is 29.9 Å². The Morgan fingerprint density at radius 3 is 2.82 bits per heavy atom. The molecule has 1 unspecified atom stereocenters. The van der Waals surface area contributed by atoms with E-state index in [0.29, 0.717) is 19.6 Å². The topological polar surface area (TPSA) is 104 Å². The molecule has 5 aromatic rings. The number of hydrogen-bond donors (Lipinski definition) is 1. The summed E-state index contributed by atoms with van der Waals surface area (Å²) in [5.74, 6) is 1.53. The van der Waals surface area contributed by atoms with Crippen LogP contribution in [0.1, 0.15) is 23.6 Å². The summed E-state index contributed by atoms with van der Waals surface area (Å²) in [5.41, 5.74) is 6.17. The summed E-state index contributed by atoms with van der Waals surface area (Å²) in [5, 5.41) is 8.54. The first kappa shape index (κ1) is 24.5. The van der Waals surface area contributed by atoms with Gasteiger partial charge in [0.25, 0.3) is 0 Å². The number of anilines is 3. The highest BCUT2D eigenvalue weighted by atomic mass is 16.2. The largest absolute Gasteiger partial charge is 0.353 e. The predicted molar refractivity (Wildman–Crippen MR) is 151 cm³/mol. The first-order valence-electron chi connectivity index (χ1n) is 12.9. The van der Waals surface area contributed by atoms with Crippen LogP contribution in [0.3, 0.4) is 0 Å². The molecule has 1 atom stereocenters. The molecule has 0 radical (unpaired) electrons. The third-order valence-corrected chi connectivity index (χ3v) is 7.26. The van der Waals surface area contributed by atoms with Crippen LogP contribution >= 0.6 is 0 Å². The van der Waals surface area contributed by atoms with E-state index in [1.807, 2.05) is 24.1 Å². The van der Waals surface area contributed by atoms with E-state index in [9.17, 15) is 4.79 Å². The van der Waals surface area contributed by atoms with Crippen molar-refractivity contribution in [1.29, 1.82) is 0 Å².